The summed E-state index contributed by atoms with van der Waals surface area (Å²) in [7, 11) is 1.99. The molecule has 0 spiro atoms. The summed E-state index contributed by atoms with van der Waals surface area (Å²) in [4.78, 5) is 0. The second kappa shape index (κ2) is 5.37. The summed E-state index contributed by atoms with van der Waals surface area (Å²) < 4.78 is 4.35. The first-order valence-electron chi connectivity index (χ1n) is 7.37. The lowest BCUT2D eigenvalue weighted by atomic mass is 10.1. The van der Waals surface area contributed by atoms with Crippen LogP contribution in [-0.2, 0) is 26.6 Å². The molecule has 2 N–H and O–H groups in total. The van der Waals surface area contributed by atoms with Crippen LogP contribution in [-0.4, -0.2) is 14.3 Å². The van der Waals surface area contributed by atoms with Gasteiger partial charge in [0.15, 0.2) is 0 Å². The quantitative estimate of drug-likeness (QED) is 0.800. The Morgan fingerprint density at radius 3 is 2.67 bits per heavy atom. The highest BCUT2D eigenvalue weighted by atomic mass is 15.3. The first kappa shape index (κ1) is 13.9. The highest BCUT2D eigenvalue weighted by Gasteiger charge is 2.11. The van der Waals surface area contributed by atoms with E-state index in [0.29, 0.717) is 6.54 Å². The molecule has 0 radical (unpaired) electrons. The summed E-state index contributed by atoms with van der Waals surface area (Å²) in [5.41, 5.74) is 12.2. The number of aryl methyl sites for hydroxylation is 4. The van der Waals surface area contributed by atoms with Crippen LogP contribution in [0, 0.1) is 13.8 Å². The third-order valence-electron chi connectivity index (χ3n) is 4.45. The normalized spacial score (nSPS) is 11.4. The Bertz CT molecular complexity index is 780. The van der Waals surface area contributed by atoms with E-state index in [1.165, 1.54) is 33.4 Å². The van der Waals surface area contributed by atoms with Gasteiger partial charge in [0.1, 0.15) is 0 Å². The van der Waals surface area contributed by atoms with Gasteiger partial charge in [0.05, 0.1) is 0 Å². The summed E-state index contributed by atoms with van der Waals surface area (Å²) in [6, 6.07) is 8.63. The van der Waals surface area contributed by atoms with Crippen molar-refractivity contribution in [2.45, 2.75) is 33.4 Å². The van der Waals surface area contributed by atoms with Gasteiger partial charge in [-0.1, -0.05) is 6.07 Å². The Kier molecular flexibility index (Phi) is 3.55. The topological polar surface area (TPSA) is 48.8 Å². The zero-order valence-corrected chi connectivity index (χ0v) is 12.9. The minimum Gasteiger partial charge on any atom is -0.344 e. The second-order valence-electron chi connectivity index (χ2n) is 5.61. The summed E-state index contributed by atoms with van der Waals surface area (Å²) in [6.45, 7) is 5.95. The van der Waals surface area contributed by atoms with E-state index in [1.54, 1.807) is 0 Å². The van der Waals surface area contributed by atoms with Gasteiger partial charge in [0, 0.05) is 55.0 Å². The third-order valence-corrected chi connectivity index (χ3v) is 4.45. The molecule has 4 heteroatoms. The maximum absolute atomic E-state index is 5.76. The number of aromatic nitrogens is 3. The summed E-state index contributed by atoms with van der Waals surface area (Å²) >= 11 is 0. The minimum atomic E-state index is 0.592. The number of nitrogens with zero attached hydrogens (tertiary/aromatic N) is 3. The van der Waals surface area contributed by atoms with Crippen molar-refractivity contribution in [2.75, 3.05) is 0 Å². The van der Waals surface area contributed by atoms with E-state index in [-0.39, 0.29) is 0 Å². The Morgan fingerprint density at radius 1 is 1.19 bits per heavy atom. The van der Waals surface area contributed by atoms with Gasteiger partial charge in [0.2, 0.25) is 0 Å². The fraction of sp³-hybridized carbons (Fsp3) is 0.353. The lowest BCUT2D eigenvalue weighted by molar-refractivity contribution is 0.640. The molecule has 2 aromatic heterocycles. The highest BCUT2D eigenvalue weighted by Crippen LogP contribution is 2.26. The lowest BCUT2D eigenvalue weighted by Gasteiger charge is -2.09. The molecule has 0 unspecified atom stereocenters. The molecule has 0 saturated carbocycles. The zero-order valence-electron chi connectivity index (χ0n) is 12.9. The monoisotopic (exact) mass is 282 g/mol. The molecule has 1 aromatic carbocycles. The molecule has 0 bridgehead atoms. The van der Waals surface area contributed by atoms with Gasteiger partial charge in [-0.2, -0.15) is 5.10 Å². The van der Waals surface area contributed by atoms with Crippen LogP contribution in [0.25, 0.3) is 10.9 Å². The van der Waals surface area contributed by atoms with Gasteiger partial charge in [0.25, 0.3) is 0 Å². The third kappa shape index (κ3) is 2.36. The molecule has 0 aliphatic carbocycles. The number of hydrogen-bond acceptors (Lipinski definition) is 2. The van der Waals surface area contributed by atoms with Crippen molar-refractivity contribution >= 4 is 10.9 Å². The SMILES string of the molecule is Cc1c(C)n(CCc2ccnn2C)c2ccc(CN)cc12. The van der Waals surface area contributed by atoms with Crippen LogP contribution in [0.3, 0.4) is 0 Å². The molecule has 0 atom stereocenters. The van der Waals surface area contributed by atoms with Crippen LogP contribution in [0.15, 0.2) is 30.5 Å². The summed E-state index contributed by atoms with van der Waals surface area (Å²) in [5, 5.41) is 5.55. The maximum Gasteiger partial charge on any atom is 0.0492 e. The Labute approximate surface area is 125 Å². The molecule has 2 heterocycles. The first-order chi connectivity index (χ1) is 10.1. The van der Waals surface area contributed by atoms with Crippen LogP contribution in [0.4, 0.5) is 0 Å². The van der Waals surface area contributed by atoms with Crippen LogP contribution >= 0.6 is 0 Å². The average Bonchev–Trinajstić information content (AvgIpc) is 3.00. The van der Waals surface area contributed by atoms with E-state index < -0.39 is 0 Å². The van der Waals surface area contributed by atoms with Crippen LogP contribution in [0.2, 0.25) is 0 Å². The molecule has 3 aromatic rings. The predicted molar refractivity (Wildman–Crippen MR) is 86.2 cm³/mol. The summed E-state index contributed by atoms with van der Waals surface area (Å²) in [6.07, 6.45) is 2.84. The molecule has 0 aliphatic heterocycles. The summed E-state index contributed by atoms with van der Waals surface area (Å²) in [5.74, 6) is 0. The molecule has 4 nitrogen and oxygen atoms in total. The van der Waals surface area contributed by atoms with Crippen molar-refractivity contribution in [3.8, 4) is 0 Å². The molecular formula is C17H22N4. The number of fused-ring (bicyclic) bond motifs is 1. The average molecular weight is 282 g/mol. The van der Waals surface area contributed by atoms with Crippen LogP contribution in [0.1, 0.15) is 22.5 Å². The Balaban J connectivity index is 1.98. The van der Waals surface area contributed by atoms with Crippen molar-refractivity contribution in [1.29, 1.82) is 0 Å². The smallest absolute Gasteiger partial charge is 0.0492 e. The van der Waals surface area contributed by atoms with E-state index in [2.05, 4.69) is 47.8 Å². The molecule has 3 rings (SSSR count). The Hall–Kier alpha value is -2.07. The number of rotatable bonds is 4. The van der Waals surface area contributed by atoms with Crippen molar-refractivity contribution in [1.82, 2.24) is 14.3 Å². The van der Waals surface area contributed by atoms with Crippen molar-refractivity contribution < 1.29 is 0 Å². The molecule has 110 valence electrons. The van der Waals surface area contributed by atoms with Crippen molar-refractivity contribution in [3.05, 3.63) is 53.0 Å². The number of benzene rings is 1. The molecule has 0 amide bonds. The van der Waals surface area contributed by atoms with E-state index in [9.17, 15) is 0 Å². The van der Waals surface area contributed by atoms with Gasteiger partial charge in [-0.05, 0) is 43.2 Å². The van der Waals surface area contributed by atoms with Crippen LogP contribution < -0.4 is 5.73 Å². The zero-order chi connectivity index (χ0) is 15.0. The van der Waals surface area contributed by atoms with Gasteiger partial charge >= 0.3 is 0 Å². The van der Waals surface area contributed by atoms with Gasteiger partial charge in [-0.3, -0.25) is 4.68 Å². The van der Waals surface area contributed by atoms with Gasteiger partial charge in [-0.25, -0.2) is 0 Å². The maximum atomic E-state index is 5.76. The molecule has 21 heavy (non-hydrogen) atoms. The minimum absolute atomic E-state index is 0.592. The highest BCUT2D eigenvalue weighted by molar-refractivity contribution is 5.86. The van der Waals surface area contributed by atoms with Crippen molar-refractivity contribution in [3.63, 3.8) is 0 Å². The van der Waals surface area contributed by atoms with E-state index >= 15 is 0 Å². The number of nitrogens with two attached hydrogens (primary N) is 1. The van der Waals surface area contributed by atoms with E-state index in [4.69, 9.17) is 5.73 Å². The van der Waals surface area contributed by atoms with E-state index in [0.717, 1.165) is 13.0 Å². The largest absolute Gasteiger partial charge is 0.344 e. The predicted octanol–water partition coefficient (Wildman–Crippen LogP) is 2.69. The fourth-order valence-electron chi connectivity index (χ4n) is 2.98. The van der Waals surface area contributed by atoms with Gasteiger partial charge < -0.3 is 10.3 Å². The lowest BCUT2D eigenvalue weighted by Crippen LogP contribution is -2.07. The molecule has 0 fully saturated rings. The Morgan fingerprint density at radius 2 is 2.00 bits per heavy atom. The van der Waals surface area contributed by atoms with Crippen molar-refractivity contribution in [2.24, 2.45) is 12.8 Å². The standard InChI is InChI=1S/C17H22N4/c1-12-13(2)21(9-7-15-6-8-19-20(15)3)17-5-4-14(11-18)10-16(12)17/h4-6,8,10H,7,9,11,18H2,1-3H3. The first-order valence-corrected chi connectivity index (χ1v) is 7.37. The molecule has 0 saturated heterocycles. The van der Waals surface area contributed by atoms with Gasteiger partial charge in [-0.15, -0.1) is 0 Å². The van der Waals surface area contributed by atoms with E-state index in [1.807, 2.05) is 17.9 Å². The molecular weight excluding hydrogens is 260 g/mol. The second-order valence-corrected chi connectivity index (χ2v) is 5.61. The number of hydrogen-bond donors (Lipinski definition) is 1. The van der Waals surface area contributed by atoms with Crippen LogP contribution in [0.5, 0.6) is 0 Å². The fourth-order valence-corrected chi connectivity index (χ4v) is 2.98. The molecule has 0 aliphatic rings.